The van der Waals surface area contributed by atoms with E-state index in [0.29, 0.717) is 42.5 Å². The van der Waals surface area contributed by atoms with E-state index in [2.05, 4.69) is 4.98 Å². The number of fused-ring (bicyclic) bond motifs is 1. The Balaban J connectivity index is 1.46. The summed E-state index contributed by atoms with van der Waals surface area (Å²) in [7, 11) is 0. The molecule has 2 amide bonds. The summed E-state index contributed by atoms with van der Waals surface area (Å²) in [4.78, 5) is 41.4. The first-order valence-electron chi connectivity index (χ1n) is 10.1. The maximum absolute atomic E-state index is 12.7. The van der Waals surface area contributed by atoms with Gasteiger partial charge in [0.25, 0.3) is 5.91 Å². The van der Waals surface area contributed by atoms with E-state index < -0.39 is 17.6 Å². The van der Waals surface area contributed by atoms with E-state index in [4.69, 9.17) is 5.73 Å². The summed E-state index contributed by atoms with van der Waals surface area (Å²) in [5.74, 6) is -0.820. The molecule has 1 saturated heterocycles. The summed E-state index contributed by atoms with van der Waals surface area (Å²) >= 11 is 0. The molecule has 0 unspecified atom stereocenters. The van der Waals surface area contributed by atoms with Crippen molar-refractivity contribution in [1.29, 1.82) is 0 Å². The van der Waals surface area contributed by atoms with Crippen LogP contribution in [0.2, 0.25) is 0 Å². The summed E-state index contributed by atoms with van der Waals surface area (Å²) in [6.07, 6.45) is -3.42. The Morgan fingerprint density at radius 2 is 1.72 bits per heavy atom. The molecule has 0 spiro atoms. The number of primary amides is 1. The monoisotopic (exact) mass is 446 g/mol. The number of alkyl halides is 3. The van der Waals surface area contributed by atoms with Gasteiger partial charge in [-0.2, -0.15) is 13.2 Å². The van der Waals surface area contributed by atoms with Gasteiger partial charge in [-0.25, -0.2) is 4.79 Å². The molecule has 1 aliphatic rings. The fourth-order valence-corrected chi connectivity index (χ4v) is 4.20. The van der Waals surface area contributed by atoms with Crippen molar-refractivity contribution in [1.82, 2.24) is 14.5 Å². The Morgan fingerprint density at radius 3 is 2.31 bits per heavy atom. The number of likely N-dealkylation sites (tertiary alicyclic amines) is 1. The number of halogens is 3. The highest BCUT2D eigenvalue weighted by Gasteiger charge is 2.30. The van der Waals surface area contributed by atoms with Gasteiger partial charge in [0.05, 0.1) is 28.6 Å². The van der Waals surface area contributed by atoms with E-state index in [9.17, 15) is 27.6 Å². The third kappa shape index (κ3) is 4.12. The third-order valence-corrected chi connectivity index (χ3v) is 5.82. The number of imidazole rings is 1. The molecule has 0 saturated carbocycles. The average molecular weight is 446 g/mol. The molecular weight excluding hydrogens is 425 g/mol. The lowest BCUT2D eigenvalue weighted by Crippen LogP contribution is -2.41. The topological polar surface area (TPSA) is 101 Å². The van der Waals surface area contributed by atoms with E-state index in [0.717, 1.165) is 12.1 Å². The zero-order chi connectivity index (χ0) is 23.0. The smallest absolute Gasteiger partial charge is 0.366 e. The number of benzene rings is 2. The zero-order valence-corrected chi connectivity index (χ0v) is 17.0. The number of carbonyl (C=O) groups excluding carboxylic acids is 2. The Bertz CT molecular complexity index is 1220. The molecule has 2 aromatic carbocycles. The highest BCUT2D eigenvalue weighted by molar-refractivity contribution is 6.04. The quantitative estimate of drug-likeness (QED) is 0.644. The van der Waals surface area contributed by atoms with Gasteiger partial charge in [-0.1, -0.05) is 18.2 Å². The van der Waals surface area contributed by atoms with Crippen LogP contribution in [0.1, 0.15) is 40.4 Å². The second-order valence-electron chi connectivity index (χ2n) is 7.85. The van der Waals surface area contributed by atoms with Crippen LogP contribution in [0.3, 0.4) is 0 Å². The first-order chi connectivity index (χ1) is 15.1. The van der Waals surface area contributed by atoms with Crippen molar-refractivity contribution in [3.8, 4) is 0 Å². The van der Waals surface area contributed by atoms with Crippen LogP contribution in [-0.2, 0) is 17.4 Å². The van der Waals surface area contributed by atoms with Crippen molar-refractivity contribution in [2.24, 2.45) is 5.73 Å². The first-order valence-corrected chi connectivity index (χ1v) is 10.1. The molecule has 0 bridgehead atoms. The van der Waals surface area contributed by atoms with Crippen LogP contribution < -0.4 is 11.4 Å². The van der Waals surface area contributed by atoms with Gasteiger partial charge in [-0.3, -0.25) is 14.2 Å². The molecule has 0 aliphatic carbocycles. The van der Waals surface area contributed by atoms with Gasteiger partial charge in [0, 0.05) is 19.1 Å². The average Bonchev–Trinajstić information content (AvgIpc) is 3.09. The third-order valence-electron chi connectivity index (χ3n) is 5.82. The number of H-pyrrole nitrogens is 1. The lowest BCUT2D eigenvalue weighted by molar-refractivity contribution is -0.137. The summed E-state index contributed by atoms with van der Waals surface area (Å²) in [6, 6.07) is 9.25. The zero-order valence-electron chi connectivity index (χ0n) is 17.0. The minimum atomic E-state index is -4.42. The molecule has 2 heterocycles. The van der Waals surface area contributed by atoms with Gasteiger partial charge in [0.15, 0.2) is 0 Å². The molecule has 4 rings (SSSR count). The van der Waals surface area contributed by atoms with Crippen molar-refractivity contribution >= 4 is 22.8 Å². The Kier molecular flexibility index (Phi) is 5.53. The number of nitrogens with two attached hydrogens (primary N) is 1. The number of piperidine rings is 1. The lowest BCUT2D eigenvalue weighted by atomic mass is 10.0. The Labute approximate surface area is 180 Å². The van der Waals surface area contributed by atoms with Crippen molar-refractivity contribution in [3.05, 3.63) is 69.6 Å². The molecule has 3 N–H and O–H groups in total. The van der Waals surface area contributed by atoms with Crippen LogP contribution in [0.4, 0.5) is 13.2 Å². The molecule has 10 heteroatoms. The molecule has 1 aliphatic heterocycles. The predicted octanol–water partition coefficient (Wildman–Crippen LogP) is 2.85. The van der Waals surface area contributed by atoms with Crippen LogP contribution in [-0.4, -0.2) is 39.4 Å². The summed E-state index contributed by atoms with van der Waals surface area (Å²) in [5.41, 5.74) is 6.11. The number of hydrogen-bond acceptors (Lipinski definition) is 3. The predicted molar refractivity (Wildman–Crippen MR) is 111 cm³/mol. The number of aromatic nitrogens is 2. The van der Waals surface area contributed by atoms with Crippen molar-refractivity contribution in [3.63, 3.8) is 0 Å². The van der Waals surface area contributed by atoms with E-state index in [1.54, 1.807) is 23.1 Å². The minimum absolute atomic E-state index is 0.00165. The molecule has 7 nitrogen and oxygen atoms in total. The number of aromatic amines is 1. The molecule has 32 heavy (non-hydrogen) atoms. The number of nitrogens with one attached hydrogen (secondary N) is 1. The summed E-state index contributed by atoms with van der Waals surface area (Å²) in [6.45, 7) is 0.782. The molecule has 168 valence electrons. The highest BCUT2D eigenvalue weighted by Crippen LogP contribution is 2.30. The molecule has 1 fully saturated rings. The van der Waals surface area contributed by atoms with Gasteiger partial charge in [0.2, 0.25) is 5.91 Å². The summed E-state index contributed by atoms with van der Waals surface area (Å²) < 4.78 is 39.6. The number of carbonyl (C=O) groups is 2. The van der Waals surface area contributed by atoms with Gasteiger partial charge in [-0.15, -0.1) is 0 Å². The largest absolute Gasteiger partial charge is 0.416 e. The molecule has 3 aromatic rings. The maximum atomic E-state index is 12.7. The van der Waals surface area contributed by atoms with Crippen LogP contribution in [0, 0.1) is 0 Å². The molecular formula is C22H21F3N4O3. The fourth-order valence-electron chi connectivity index (χ4n) is 4.20. The maximum Gasteiger partial charge on any atom is 0.416 e. The SMILES string of the molecule is NC(=O)c1cccc2[nH]c(=O)n(C3CCN(C(=O)Cc4ccc(C(F)(F)F)cc4)CC3)c12. The standard InChI is InChI=1S/C22H21F3N4O3/c23-22(24,25)14-6-4-13(5-7-14)12-18(30)28-10-8-15(9-11-28)29-19-16(20(26)31)2-1-3-17(19)27-21(29)32/h1-7,15H,8-12H2,(H2,26,31)(H,27,32). The van der Waals surface area contributed by atoms with E-state index in [1.807, 2.05) is 0 Å². The van der Waals surface area contributed by atoms with E-state index in [-0.39, 0.29) is 29.6 Å². The second-order valence-corrected chi connectivity index (χ2v) is 7.85. The minimum Gasteiger partial charge on any atom is -0.366 e. The van der Waals surface area contributed by atoms with Crippen LogP contribution in [0.5, 0.6) is 0 Å². The summed E-state index contributed by atoms with van der Waals surface area (Å²) in [5, 5.41) is 0. The van der Waals surface area contributed by atoms with Crippen LogP contribution in [0.15, 0.2) is 47.3 Å². The van der Waals surface area contributed by atoms with E-state index in [1.165, 1.54) is 16.7 Å². The van der Waals surface area contributed by atoms with Crippen molar-refractivity contribution < 1.29 is 22.8 Å². The number of para-hydroxylation sites is 1. The molecule has 0 atom stereocenters. The van der Waals surface area contributed by atoms with Gasteiger partial charge in [-0.05, 0) is 42.7 Å². The number of hydrogen-bond donors (Lipinski definition) is 2. The van der Waals surface area contributed by atoms with Gasteiger partial charge >= 0.3 is 11.9 Å². The Morgan fingerprint density at radius 1 is 1.06 bits per heavy atom. The number of amides is 2. The van der Waals surface area contributed by atoms with Gasteiger partial charge in [0.1, 0.15) is 0 Å². The molecule has 1 aromatic heterocycles. The van der Waals surface area contributed by atoms with Crippen molar-refractivity contribution in [2.45, 2.75) is 31.5 Å². The Hall–Kier alpha value is -3.56. The molecule has 0 radical (unpaired) electrons. The van der Waals surface area contributed by atoms with Gasteiger partial charge < -0.3 is 15.6 Å². The second kappa shape index (κ2) is 8.18. The number of nitrogens with zero attached hydrogens (tertiary/aromatic N) is 2. The number of rotatable bonds is 4. The first kappa shape index (κ1) is 21.7. The lowest BCUT2D eigenvalue weighted by Gasteiger charge is -2.32. The fraction of sp³-hybridized carbons (Fsp3) is 0.318. The van der Waals surface area contributed by atoms with Crippen LogP contribution in [0.25, 0.3) is 11.0 Å². The van der Waals surface area contributed by atoms with Crippen LogP contribution >= 0.6 is 0 Å². The normalized spacial score (nSPS) is 15.3. The highest BCUT2D eigenvalue weighted by atomic mass is 19.4. The van der Waals surface area contributed by atoms with Crippen molar-refractivity contribution in [2.75, 3.05) is 13.1 Å². The van der Waals surface area contributed by atoms with E-state index >= 15 is 0 Å².